The van der Waals surface area contributed by atoms with Crippen LogP contribution in [0.2, 0.25) is 0 Å². The Balaban J connectivity index is 1.48. The molecule has 0 aliphatic carbocycles. The van der Waals surface area contributed by atoms with E-state index in [0.717, 1.165) is 11.4 Å². The van der Waals surface area contributed by atoms with E-state index in [1.165, 1.54) is 12.1 Å². The summed E-state index contributed by atoms with van der Waals surface area (Å²) in [7, 11) is 0. The molecule has 23 heavy (non-hydrogen) atoms. The number of nitrogens with one attached hydrogen (secondary N) is 1. The van der Waals surface area contributed by atoms with Crippen LogP contribution in [0.5, 0.6) is 0 Å². The molecule has 1 aromatic heterocycles. The molecule has 2 aromatic rings. The van der Waals surface area contributed by atoms with Gasteiger partial charge in [0.25, 0.3) is 0 Å². The van der Waals surface area contributed by atoms with Gasteiger partial charge in [-0.15, -0.1) is 0 Å². The number of piperazine rings is 1. The Morgan fingerprint density at radius 3 is 2.74 bits per heavy atom. The van der Waals surface area contributed by atoms with Crippen molar-refractivity contribution in [3.8, 4) is 0 Å². The first-order valence-corrected chi connectivity index (χ1v) is 7.50. The third-order valence-electron chi connectivity index (χ3n) is 3.77. The van der Waals surface area contributed by atoms with Gasteiger partial charge in [-0.05, 0) is 17.7 Å². The fraction of sp³-hybridized carbons (Fsp3) is 0.312. The summed E-state index contributed by atoms with van der Waals surface area (Å²) in [5.41, 5.74) is 0.747. The molecular formula is C16H18FN5O. The number of hydrogen-bond acceptors (Lipinski definition) is 4. The van der Waals surface area contributed by atoms with E-state index in [-0.39, 0.29) is 11.8 Å². The molecule has 1 aliphatic rings. The highest BCUT2D eigenvalue weighted by Gasteiger charge is 2.21. The van der Waals surface area contributed by atoms with E-state index in [1.807, 2.05) is 0 Å². The SMILES string of the molecule is O=C(NCc1cccc(F)c1)N1CCN(c2cnccn2)CC1. The molecule has 0 spiro atoms. The number of anilines is 1. The largest absolute Gasteiger partial charge is 0.352 e. The highest BCUT2D eigenvalue weighted by atomic mass is 19.1. The molecule has 1 N–H and O–H groups in total. The molecule has 6 nitrogen and oxygen atoms in total. The van der Waals surface area contributed by atoms with E-state index in [2.05, 4.69) is 20.2 Å². The van der Waals surface area contributed by atoms with Crippen molar-refractivity contribution in [2.45, 2.75) is 6.54 Å². The number of carbonyl (C=O) groups excluding carboxylic acids is 1. The second-order valence-electron chi connectivity index (χ2n) is 5.33. The van der Waals surface area contributed by atoms with Crippen LogP contribution >= 0.6 is 0 Å². The monoisotopic (exact) mass is 315 g/mol. The smallest absolute Gasteiger partial charge is 0.317 e. The lowest BCUT2D eigenvalue weighted by Gasteiger charge is -2.35. The minimum absolute atomic E-state index is 0.131. The maximum atomic E-state index is 13.1. The molecule has 2 amide bonds. The number of aromatic nitrogens is 2. The topological polar surface area (TPSA) is 61.4 Å². The van der Waals surface area contributed by atoms with E-state index in [1.54, 1.807) is 35.6 Å². The molecule has 0 saturated carbocycles. The van der Waals surface area contributed by atoms with Gasteiger partial charge in [0.05, 0.1) is 6.20 Å². The second kappa shape index (κ2) is 7.04. The minimum atomic E-state index is -0.297. The maximum absolute atomic E-state index is 13.1. The Bertz CT molecular complexity index is 659. The molecule has 120 valence electrons. The van der Waals surface area contributed by atoms with Crippen molar-refractivity contribution in [3.05, 3.63) is 54.2 Å². The summed E-state index contributed by atoms with van der Waals surface area (Å²) < 4.78 is 13.1. The molecule has 1 fully saturated rings. The Hall–Kier alpha value is -2.70. The van der Waals surface area contributed by atoms with Crippen molar-refractivity contribution in [1.29, 1.82) is 0 Å². The number of benzene rings is 1. The van der Waals surface area contributed by atoms with Crippen LogP contribution in [0.25, 0.3) is 0 Å². The Labute approximate surface area is 134 Å². The van der Waals surface area contributed by atoms with Gasteiger partial charge < -0.3 is 15.1 Å². The highest BCUT2D eigenvalue weighted by Crippen LogP contribution is 2.11. The molecule has 1 aromatic carbocycles. The first-order valence-electron chi connectivity index (χ1n) is 7.50. The fourth-order valence-corrected chi connectivity index (χ4v) is 2.53. The van der Waals surface area contributed by atoms with E-state index in [0.29, 0.717) is 32.7 Å². The number of amides is 2. The normalized spacial score (nSPS) is 14.7. The van der Waals surface area contributed by atoms with Gasteiger partial charge in [-0.2, -0.15) is 0 Å². The summed E-state index contributed by atoms with van der Waals surface area (Å²) in [5, 5.41) is 2.82. The average molecular weight is 315 g/mol. The van der Waals surface area contributed by atoms with Crippen molar-refractivity contribution in [2.24, 2.45) is 0 Å². The average Bonchev–Trinajstić information content (AvgIpc) is 2.61. The molecule has 1 aliphatic heterocycles. The van der Waals surface area contributed by atoms with Gasteiger partial charge >= 0.3 is 6.03 Å². The van der Waals surface area contributed by atoms with E-state index < -0.39 is 0 Å². The summed E-state index contributed by atoms with van der Waals surface area (Å²) in [5.74, 6) is 0.529. The van der Waals surface area contributed by atoms with E-state index in [4.69, 9.17) is 0 Å². The van der Waals surface area contributed by atoms with Gasteiger partial charge in [0.15, 0.2) is 0 Å². The number of urea groups is 1. The fourth-order valence-electron chi connectivity index (χ4n) is 2.53. The molecule has 7 heteroatoms. The molecule has 3 rings (SSSR count). The number of carbonyl (C=O) groups is 1. The second-order valence-corrected chi connectivity index (χ2v) is 5.33. The first kappa shape index (κ1) is 15.2. The van der Waals surface area contributed by atoms with Crippen LogP contribution in [0, 0.1) is 5.82 Å². The zero-order valence-corrected chi connectivity index (χ0v) is 12.7. The summed E-state index contributed by atoms with van der Waals surface area (Å²) >= 11 is 0. The van der Waals surface area contributed by atoms with E-state index in [9.17, 15) is 9.18 Å². The van der Waals surface area contributed by atoms with Crippen LogP contribution in [0.15, 0.2) is 42.9 Å². The molecule has 0 radical (unpaired) electrons. The molecule has 0 atom stereocenters. The van der Waals surface area contributed by atoms with Crippen LogP contribution in [0.3, 0.4) is 0 Å². The number of nitrogens with zero attached hydrogens (tertiary/aromatic N) is 4. The lowest BCUT2D eigenvalue weighted by molar-refractivity contribution is 0.194. The third-order valence-corrected chi connectivity index (χ3v) is 3.77. The van der Waals surface area contributed by atoms with Crippen molar-refractivity contribution in [2.75, 3.05) is 31.1 Å². The maximum Gasteiger partial charge on any atom is 0.317 e. The number of hydrogen-bond donors (Lipinski definition) is 1. The van der Waals surface area contributed by atoms with Gasteiger partial charge in [0, 0.05) is 45.1 Å². The number of halogens is 1. The van der Waals surface area contributed by atoms with E-state index >= 15 is 0 Å². The van der Waals surface area contributed by atoms with Crippen LogP contribution in [-0.4, -0.2) is 47.1 Å². The van der Waals surface area contributed by atoms with Gasteiger partial charge in [-0.3, -0.25) is 4.98 Å². The summed E-state index contributed by atoms with van der Waals surface area (Å²) in [6.07, 6.45) is 5.02. The van der Waals surface area contributed by atoms with Gasteiger partial charge in [0.1, 0.15) is 11.6 Å². The minimum Gasteiger partial charge on any atom is -0.352 e. The molecule has 0 bridgehead atoms. The Morgan fingerprint density at radius 1 is 1.22 bits per heavy atom. The highest BCUT2D eigenvalue weighted by molar-refractivity contribution is 5.74. The summed E-state index contributed by atoms with van der Waals surface area (Å²) in [6, 6.07) is 6.10. The van der Waals surface area contributed by atoms with Crippen molar-refractivity contribution >= 4 is 11.8 Å². The molecule has 1 saturated heterocycles. The predicted molar refractivity (Wildman–Crippen MR) is 84.5 cm³/mol. The lowest BCUT2D eigenvalue weighted by Crippen LogP contribution is -2.51. The predicted octanol–water partition coefficient (Wildman–Crippen LogP) is 1.65. The molecule has 0 unspecified atom stereocenters. The van der Waals surface area contributed by atoms with Gasteiger partial charge in [-0.25, -0.2) is 14.2 Å². The standard InChI is InChI=1S/C16H18FN5O/c17-14-3-1-2-13(10-14)11-20-16(23)22-8-6-21(7-9-22)15-12-18-4-5-19-15/h1-5,10,12H,6-9,11H2,(H,20,23). The summed E-state index contributed by atoms with van der Waals surface area (Å²) in [6.45, 7) is 2.98. The zero-order chi connectivity index (χ0) is 16.1. The van der Waals surface area contributed by atoms with Crippen LogP contribution in [0.4, 0.5) is 15.0 Å². The van der Waals surface area contributed by atoms with Crippen LogP contribution in [0.1, 0.15) is 5.56 Å². The molecule has 2 heterocycles. The Kier molecular flexibility index (Phi) is 4.65. The number of rotatable bonds is 3. The first-order chi connectivity index (χ1) is 11.2. The van der Waals surface area contributed by atoms with Crippen LogP contribution < -0.4 is 10.2 Å². The van der Waals surface area contributed by atoms with Crippen molar-refractivity contribution < 1.29 is 9.18 Å². The van der Waals surface area contributed by atoms with Crippen molar-refractivity contribution in [1.82, 2.24) is 20.2 Å². The van der Waals surface area contributed by atoms with Gasteiger partial charge in [-0.1, -0.05) is 12.1 Å². The zero-order valence-electron chi connectivity index (χ0n) is 12.7. The van der Waals surface area contributed by atoms with Crippen molar-refractivity contribution in [3.63, 3.8) is 0 Å². The van der Waals surface area contributed by atoms with Gasteiger partial charge in [0.2, 0.25) is 0 Å². The summed E-state index contributed by atoms with van der Waals surface area (Å²) in [4.78, 5) is 24.4. The molecular weight excluding hydrogens is 297 g/mol. The third kappa shape index (κ3) is 3.94. The van der Waals surface area contributed by atoms with Crippen LogP contribution in [-0.2, 0) is 6.54 Å². The Morgan fingerprint density at radius 2 is 2.04 bits per heavy atom. The quantitative estimate of drug-likeness (QED) is 0.935. The lowest BCUT2D eigenvalue weighted by atomic mass is 10.2.